The summed E-state index contributed by atoms with van der Waals surface area (Å²) in [6, 6.07) is 3.05. The van der Waals surface area contributed by atoms with Gasteiger partial charge < -0.3 is 19.8 Å². The Balaban J connectivity index is 2.56. The molecule has 19 heavy (non-hydrogen) atoms. The molecule has 2 N–H and O–H groups in total. The van der Waals surface area contributed by atoms with Gasteiger partial charge in [0.15, 0.2) is 0 Å². The smallest absolute Gasteiger partial charge is 0.131 e. The van der Waals surface area contributed by atoms with E-state index < -0.39 is 23.8 Å². The Bertz CT molecular complexity index is 403. The number of aliphatic hydroxyl groups excluding tert-OH is 2. The largest absolute Gasteiger partial charge is 0.389 e. The summed E-state index contributed by atoms with van der Waals surface area (Å²) in [5.41, 5.74) is 0.0366. The second-order valence-corrected chi connectivity index (χ2v) is 4.51. The van der Waals surface area contributed by atoms with Gasteiger partial charge in [-0.2, -0.15) is 0 Å². The Kier molecular flexibility index (Phi) is 6.30. The molecule has 0 saturated carbocycles. The molecule has 4 nitrogen and oxygen atoms in total. The summed E-state index contributed by atoms with van der Waals surface area (Å²) in [4.78, 5) is 1.65. The van der Waals surface area contributed by atoms with Crippen LogP contribution in [0, 0.1) is 11.6 Å². The van der Waals surface area contributed by atoms with Gasteiger partial charge in [-0.3, -0.25) is 0 Å². The van der Waals surface area contributed by atoms with Gasteiger partial charge in [0.25, 0.3) is 0 Å². The van der Waals surface area contributed by atoms with E-state index in [-0.39, 0.29) is 25.3 Å². The van der Waals surface area contributed by atoms with Crippen LogP contribution in [0.5, 0.6) is 0 Å². The highest BCUT2D eigenvalue weighted by Crippen LogP contribution is 2.18. The van der Waals surface area contributed by atoms with E-state index >= 15 is 0 Å². The molecule has 0 aliphatic rings. The standard InChI is InChI=1S/C13H19F2NO3/c1-16(6-10(17)8-19-2)7-13(18)11-4-3-9(14)5-12(11)15/h3-5,10,13,17-18H,6-8H2,1-2H3/t10-,13+/m1/s1. The Hall–Kier alpha value is -1.08. The lowest BCUT2D eigenvalue weighted by molar-refractivity contribution is 0.0314. The molecule has 1 rings (SSSR count). The molecule has 1 aromatic rings. The van der Waals surface area contributed by atoms with E-state index in [9.17, 15) is 19.0 Å². The van der Waals surface area contributed by atoms with Crippen LogP contribution in [-0.4, -0.2) is 55.1 Å². The maximum atomic E-state index is 13.4. The van der Waals surface area contributed by atoms with Crippen molar-refractivity contribution in [3.63, 3.8) is 0 Å². The molecule has 0 radical (unpaired) electrons. The van der Waals surface area contributed by atoms with Crippen LogP contribution in [0.1, 0.15) is 11.7 Å². The van der Waals surface area contributed by atoms with Crippen molar-refractivity contribution in [2.45, 2.75) is 12.2 Å². The van der Waals surface area contributed by atoms with Crippen LogP contribution in [0.3, 0.4) is 0 Å². The lowest BCUT2D eigenvalue weighted by Gasteiger charge is -2.23. The van der Waals surface area contributed by atoms with Crippen molar-refractivity contribution in [1.29, 1.82) is 0 Å². The van der Waals surface area contributed by atoms with Gasteiger partial charge in [-0.15, -0.1) is 0 Å². The van der Waals surface area contributed by atoms with Gasteiger partial charge in [-0.25, -0.2) is 8.78 Å². The third kappa shape index (κ3) is 5.20. The van der Waals surface area contributed by atoms with E-state index in [2.05, 4.69) is 0 Å². The molecule has 0 spiro atoms. The summed E-state index contributed by atoms with van der Waals surface area (Å²) in [6.45, 7) is 0.600. The van der Waals surface area contributed by atoms with Crippen molar-refractivity contribution in [1.82, 2.24) is 4.90 Å². The first-order chi connectivity index (χ1) is 8.93. The zero-order chi connectivity index (χ0) is 14.4. The molecule has 0 amide bonds. The van der Waals surface area contributed by atoms with Gasteiger partial charge in [-0.05, 0) is 13.1 Å². The second kappa shape index (κ2) is 7.49. The number of halogens is 2. The highest BCUT2D eigenvalue weighted by Gasteiger charge is 2.17. The number of rotatable bonds is 7. The van der Waals surface area contributed by atoms with Crippen molar-refractivity contribution >= 4 is 0 Å². The van der Waals surface area contributed by atoms with Crippen molar-refractivity contribution in [2.24, 2.45) is 0 Å². The predicted molar refractivity (Wildman–Crippen MR) is 66.7 cm³/mol. The third-order valence-electron chi connectivity index (χ3n) is 2.69. The summed E-state index contributed by atoms with van der Waals surface area (Å²) in [5.74, 6) is -1.46. The normalized spacial score (nSPS) is 14.7. The van der Waals surface area contributed by atoms with Crippen LogP contribution in [-0.2, 0) is 4.74 Å². The molecule has 2 atom stereocenters. The molecule has 0 unspecified atom stereocenters. The van der Waals surface area contributed by atoms with Crippen LogP contribution in [0.15, 0.2) is 18.2 Å². The monoisotopic (exact) mass is 275 g/mol. The maximum absolute atomic E-state index is 13.4. The highest BCUT2D eigenvalue weighted by atomic mass is 19.1. The molecule has 0 aliphatic heterocycles. The quantitative estimate of drug-likeness (QED) is 0.777. The lowest BCUT2D eigenvalue weighted by Crippen LogP contribution is -2.34. The van der Waals surface area contributed by atoms with Gasteiger partial charge in [0, 0.05) is 31.8 Å². The first-order valence-corrected chi connectivity index (χ1v) is 5.92. The van der Waals surface area contributed by atoms with E-state index in [0.29, 0.717) is 0 Å². The number of likely N-dealkylation sites (N-methyl/N-ethyl adjacent to an activating group) is 1. The van der Waals surface area contributed by atoms with Gasteiger partial charge >= 0.3 is 0 Å². The Labute approximate surface area is 111 Å². The van der Waals surface area contributed by atoms with Crippen LogP contribution in [0.4, 0.5) is 8.78 Å². The average molecular weight is 275 g/mol. The molecule has 0 saturated heterocycles. The second-order valence-electron chi connectivity index (χ2n) is 4.51. The number of methoxy groups -OCH3 is 1. The third-order valence-corrected chi connectivity index (χ3v) is 2.69. The number of hydrogen-bond acceptors (Lipinski definition) is 4. The molecule has 1 aromatic carbocycles. The molecule has 0 fully saturated rings. The SMILES string of the molecule is COC[C@H](O)CN(C)C[C@H](O)c1ccc(F)cc1F. The summed E-state index contributed by atoms with van der Waals surface area (Å²) < 4.78 is 31.0. The number of benzene rings is 1. The van der Waals surface area contributed by atoms with E-state index in [1.807, 2.05) is 0 Å². The first-order valence-electron chi connectivity index (χ1n) is 5.92. The highest BCUT2D eigenvalue weighted by molar-refractivity contribution is 5.21. The van der Waals surface area contributed by atoms with Crippen LogP contribution >= 0.6 is 0 Å². The maximum Gasteiger partial charge on any atom is 0.131 e. The molecule has 0 aliphatic carbocycles. The molecule has 0 bridgehead atoms. The van der Waals surface area contributed by atoms with Crippen LogP contribution in [0.25, 0.3) is 0 Å². The van der Waals surface area contributed by atoms with Crippen molar-refractivity contribution < 1.29 is 23.7 Å². The zero-order valence-corrected chi connectivity index (χ0v) is 11.0. The minimum Gasteiger partial charge on any atom is -0.389 e. The van der Waals surface area contributed by atoms with E-state index in [0.717, 1.165) is 12.1 Å². The predicted octanol–water partition coefficient (Wildman–Crippen LogP) is 0.937. The number of aliphatic hydroxyl groups is 2. The van der Waals surface area contributed by atoms with Gasteiger partial charge in [-0.1, -0.05) is 6.07 Å². The average Bonchev–Trinajstić information content (AvgIpc) is 2.28. The number of ether oxygens (including phenoxy) is 1. The fourth-order valence-corrected chi connectivity index (χ4v) is 1.84. The van der Waals surface area contributed by atoms with E-state index in [1.165, 1.54) is 13.2 Å². The van der Waals surface area contributed by atoms with E-state index in [1.54, 1.807) is 11.9 Å². The molecule has 0 aromatic heterocycles. The summed E-state index contributed by atoms with van der Waals surface area (Å²) >= 11 is 0. The Morgan fingerprint density at radius 3 is 2.53 bits per heavy atom. The number of hydrogen-bond donors (Lipinski definition) is 2. The minimum atomic E-state index is -1.08. The van der Waals surface area contributed by atoms with Gasteiger partial charge in [0.2, 0.25) is 0 Å². The molecule has 108 valence electrons. The number of nitrogens with zero attached hydrogens (tertiary/aromatic N) is 1. The van der Waals surface area contributed by atoms with Crippen molar-refractivity contribution in [2.75, 3.05) is 33.9 Å². The topological polar surface area (TPSA) is 52.9 Å². The molecular formula is C13H19F2NO3. The fraction of sp³-hybridized carbons (Fsp3) is 0.538. The van der Waals surface area contributed by atoms with Crippen molar-refractivity contribution in [3.8, 4) is 0 Å². The van der Waals surface area contributed by atoms with Crippen molar-refractivity contribution in [3.05, 3.63) is 35.4 Å². The molecule has 6 heteroatoms. The first kappa shape index (κ1) is 16.0. The summed E-state index contributed by atoms with van der Waals surface area (Å²) in [7, 11) is 3.16. The van der Waals surface area contributed by atoms with E-state index in [4.69, 9.17) is 4.74 Å². The minimum absolute atomic E-state index is 0.0366. The lowest BCUT2D eigenvalue weighted by atomic mass is 10.1. The molecule has 0 heterocycles. The van der Waals surface area contributed by atoms with Gasteiger partial charge in [0.1, 0.15) is 11.6 Å². The molecular weight excluding hydrogens is 256 g/mol. The fourth-order valence-electron chi connectivity index (χ4n) is 1.84. The van der Waals surface area contributed by atoms with Crippen LogP contribution < -0.4 is 0 Å². The Morgan fingerprint density at radius 1 is 1.26 bits per heavy atom. The van der Waals surface area contributed by atoms with Gasteiger partial charge in [0.05, 0.1) is 18.8 Å². The zero-order valence-electron chi connectivity index (χ0n) is 11.0. The van der Waals surface area contributed by atoms with Crippen LogP contribution in [0.2, 0.25) is 0 Å². The summed E-state index contributed by atoms with van der Waals surface area (Å²) in [5, 5.41) is 19.4. The Morgan fingerprint density at radius 2 is 1.95 bits per heavy atom. The summed E-state index contributed by atoms with van der Waals surface area (Å²) in [6.07, 6.45) is -1.76.